The first-order valence-electron chi connectivity index (χ1n) is 3.64. The van der Waals surface area contributed by atoms with Gasteiger partial charge < -0.3 is 5.11 Å². The van der Waals surface area contributed by atoms with E-state index in [-0.39, 0.29) is 17.6 Å². The van der Waals surface area contributed by atoms with Crippen LogP contribution in [0.4, 0.5) is 0 Å². The molecule has 58 valence electrons. The third kappa shape index (κ3) is 0.737. The van der Waals surface area contributed by atoms with Gasteiger partial charge in [-0.05, 0) is 5.92 Å². The number of hydrogen-bond donors (Lipinski definition) is 1. The minimum atomic E-state index is -0.837. The third-order valence-corrected chi connectivity index (χ3v) is 2.51. The molecule has 1 N–H and O–H groups in total. The number of carbonyl (C=O) groups excluding carboxylic acids is 1. The summed E-state index contributed by atoms with van der Waals surface area (Å²) in [6.07, 6.45) is 4.01. The van der Waals surface area contributed by atoms with Gasteiger partial charge in [0, 0.05) is 12.3 Å². The van der Waals surface area contributed by atoms with Gasteiger partial charge in [-0.3, -0.25) is 9.59 Å². The number of aliphatic carboxylic acids is 1. The lowest BCUT2D eigenvalue weighted by molar-refractivity contribution is -0.143. The van der Waals surface area contributed by atoms with Crippen LogP contribution in [0.5, 0.6) is 0 Å². The SMILES string of the molecule is O=C(O)[C@H]1[C@@H]2C=C[C@H]1C(=O)C2. The van der Waals surface area contributed by atoms with Gasteiger partial charge in [0.25, 0.3) is 0 Å². The first kappa shape index (κ1) is 6.58. The molecule has 2 rings (SSSR count). The van der Waals surface area contributed by atoms with Crippen molar-refractivity contribution in [1.29, 1.82) is 0 Å². The zero-order chi connectivity index (χ0) is 8.01. The highest BCUT2D eigenvalue weighted by Crippen LogP contribution is 2.41. The lowest BCUT2D eigenvalue weighted by Gasteiger charge is -2.06. The molecule has 11 heavy (non-hydrogen) atoms. The van der Waals surface area contributed by atoms with Gasteiger partial charge in [-0.25, -0.2) is 0 Å². The van der Waals surface area contributed by atoms with E-state index < -0.39 is 11.9 Å². The average molecular weight is 152 g/mol. The van der Waals surface area contributed by atoms with E-state index in [1.165, 1.54) is 0 Å². The van der Waals surface area contributed by atoms with Crippen LogP contribution in [-0.2, 0) is 9.59 Å². The van der Waals surface area contributed by atoms with Crippen molar-refractivity contribution in [2.75, 3.05) is 0 Å². The van der Waals surface area contributed by atoms with Crippen LogP contribution >= 0.6 is 0 Å². The molecule has 0 aromatic rings. The number of carboxylic acid groups (broad SMARTS) is 1. The van der Waals surface area contributed by atoms with E-state index in [1.807, 2.05) is 6.08 Å². The first-order chi connectivity index (χ1) is 5.20. The quantitative estimate of drug-likeness (QED) is 0.555. The number of carbonyl (C=O) groups is 2. The van der Waals surface area contributed by atoms with E-state index >= 15 is 0 Å². The molecular formula is C8H8O3. The highest BCUT2D eigenvalue weighted by atomic mass is 16.4. The Hall–Kier alpha value is -1.12. The second kappa shape index (κ2) is 1.94. The topological polar surface area (TPSA) is 54.4 Å². The molecular weight excluding hydrogens is 144 g/mol. The standard InChI is InChI=1S/C8H8O3/c9-6-3-4-1-2-5(6)7(4)8(10)11/h1-2,4-5,7H,3H2,(H,10,11)/t4-,5+,7+/m1/s1. The van der Waals surface area contributed by atoms with Gasteiger partial charge in [-0.15, -0.1) is 0 Å². The van der Waals surface area contributed by atoms with Crippen molar-refractivity contribution in [3.63, 3.8) is 0 Å². The number of Topliss-reactive ketones (excluding diaryl/α,β-unsaturated/α-hetero) is 1. The lowest BCUT2D eigenvalue weighted by Crippen LogP contribution is -2.20. The maximum Gasteiger partial charge on any atom is 0.308 e. The summed E-state index contributed by atoms with van der Waals surface area (Å²) in [6.45, 7) is 0. The molecule has 0 aromatic heterocycles. The van der Waals surface area contributed by atoms with E-state index in [0.29, 0.717) is 6.42 Å². The summed E-state index contributed by atoms with van der Waals surface area (Å²) in [5.41, 5.74) is 0. The Morgan fingerprint density at radius 2 is 2.27 bits per heavy atom. The maximum atomic E-state index is 11.0. The van der Waals surface area contributed by atoms with Crippen LogP contribution in [0.1, 0.15) is 6.42 Å². The van der Waals surface area contributed by atoms with Gasteiger partial charge >= 0.3 is 5.97 Å². The summed E-state index contributed by atoms with van der Waals surface area (Å²) < 4.78 is 0. The summed E-state index contributed by atoms with van der Waals surface area (Å²) in [6, 6.07) is 0. The van der Waals surface area contributed by atoms with E-state index in [1.54, 1.807) is 6.08 Å². The van der Waals surface area contributed by atoms with Crippen molar-refractivity contribution in [1.82, 2.24) is 0 Å². The summed E-state index contributed by atoms with van der Waals surface area (Å²) in [5, 5.41) is 8.72. The van der Waals surface area contributed by atoms with E-state index in [9.17, 15) is 9.59 Å². The third-order valence-electron chi connectivity index (χ3n) is 2.51. The van der Waals surface area contributed by atoms with Crippen LogP contribution in [0, 0.1) is 17.8 Å². The Morgan fingerprint density at radius 1 is 1.55 bits per heavy atom. The summed E-state index contributed by atoms with van der Waals surface area (Å²) in [4.78, 5) is 21.7. The summed E-state index contributed by atoms with van der Waals surface area (Å²) in [5.74, 6) is -1.55. The highest BCUT2D eigenvalue weighted by molar-refractivity contribution is 5.93. The Bertz CT molecular complexity index is 254. The molecule has 1 fully saturated rings. The fourth-order valence-electron chi connectivity index (χ4n) is 1.98. The number of carboxylic acids is 1. The van der Waals surface area contributed by atoms with Crippen molar-refractivity contribution in [2.45, 2.75) is 6.42 Å². The monoisotopic (exact) mass is 152 g/mol. The molecule has 0 spiro atoms. The van der Waals surface area contributed by atoms with Gasteiger partial charge in [-0.2, -0.15) is 0 Å². The van der Waals surface area contributed by atoms with Crippen molar-refractivity contribution in [3.8, 4) is 0 Å². The number of fused-ring (bicyclic) bond motifs is 2. The molecule has 2 aliphatic rings. The summed E-state index contributed by atoms with van der Waals surface area (Å²) >= 11 is 0. The van der Waals surface area contributed by atoms with Gasteiger partial charge in [0.15, 0.2) is 0 Å². The molecule has 2 aliphatic carbocycles. The number of allylic oxidation sites excluding steroid dienone is 2. The molecule has 3 atom stereocenters. The zero-order valence-corrected chi connectivity index (χ0v) is 5.86. The molecule has 0 unspecified atom stereocenters. The van der Waals surface area contributed by atoms with E-state index in [0.717, 1.165) is 0 Å². The number of rotatable bonds is 1. The minimum absolute atomic E-state index is 0.0231. The first-order valence-corrected chi connectivity index (χ1v) is 3.64. The molecule has 0 radical (unpaired) electrons. The van der Waals surface area contributed by atoms with Crippen LogP contribution < -0.4 is 0 Å². The van der Waals surface area contributed by atoms with Gasteiger partial charge in [0.1, 0.15) is 5.78 Å². The Balaban J connectivity index is 2.31. The molecule has 1 saturated carbocycles. The van der Waals surface area contributed by atoms with E-state index in [2.05, 4.69) is 0 Å². The predicted octanol–water partition coefficient (Wildman–Crippen LogP) is 0.462. The van der Waals surface area contributed by atoms with E-state index in [4.69, 9.17) is 5.11 Å². The predicted molar refractivity (Wildman–Crippen MR) is 36.9 cm³/mol. The molecule has 3 heteroatoms. The van der Waals surface area contributed by atoms with Crippen LogP contribution in [0.2, 0.25) is 0 Å². The zero-order valence-electron chi connectivity index (χ0n) is 5.86. The van der Waals surface area contributed by atoms with Crippen LogP contribution in [-0.4, -0.2) is 16.9 Å². The van der Waals surface area contributed by atoms with Crippen molar-refractivity contribution in [2.24, 2.45) is 17.8 Å². The molecule has 3 nitrogen and oxygen atoms in total. The van der Waals surface area contributed by atoms with Crippen molar-refractivity contribution < 1.29 is 14.7 Å². The fraction of sp³-hybridized carbons (Fsp3) is 0.500. The largest absolute Gasteiger partial charge is 0.481 e. The second-order valence-electron chi connectivity index (χ2n) is 3.11. The molecule has 0 heterocycles. The van der Waals surface area contributed by atoms with Gasteiger partial charge in [0.2, 0.25) is 0 Å². The smallest absolute Gasteiger partial charge is 0.308 e. The lowest BCUT2D eigenvalue weighted by atomic mass is 9.97. The van der Waals surface area contributed by atoms with Crippen molar-refractivity contribution >= 4 is 11.8 Å². The minimum Gasteiger partial charge on any atom is -0.481 e. The van der Waals surface area contributed by atoms with Gasteiger partial charge in [-0.1, -0.05) is 12.2 Å². The van der Waals surface area contributed by atoms with Crippen LogP contribution in [0.15, 0.2) is 12.2 Å². The Kier molecular flexibility index (Phi) is 1.16. The Morgan fingerprint density at radius 3 is 2.55 bits per heavy atom. The molecule has 0 amide bonds. The van der Waals surface area contributed by atoms with Crippen LogP contribution in [0.25, 0.3) is 0 Å². The van der Waals surface area contributed by atoms with Crippen molar-refractivity contribution in [3.05, 3.63) is 12.2 Å². The Labute approximate surface area is 63.7 Å². The fourth-order valence-corrected chi connectivity index (χ4v) is 1.98. The molecule has 0 saturated heterocycles. The maximum absolute atomic E-state index is 11.0. The average Bonchev–Trinajstić information content (AvgIpc) is 2.41. The molecule has 0 aliphatic heterocycles. The highest BCUT2D eigenvalue weighted by Gasteiger charge is 2.47. The van der Waals surface area contributed by atoms with Crippen LogP contribution in [0.3, 0.4) is 0 Å². The molecule has 0 aromatic carbocycles. The van der Waals surface area contributed by atoms with Gasteiger partial charge in [0.05, 0.1) is 5.92 Å². The summed E-state index contributed by atoms with van der Waals surface area (Å²) in [7, 11) is 0. The normalized spacial score (nSPS) is 40.0. The molecule has 2 bridgehead atoms. The number of hydrogen-bond acceptors (Lipinski definition) is 2. The number of ketones is 1. The second-order valence-corrected chi connectivity index (χ2v) is 3.11.